The molecule has 1 saturated carbocycles. The lowest BCUT2D eigenvalue weighted by Gasteiger charge is -2.36. The topological polar surface area (TPSA) is 52.0 Å². The maximum Gasteiger partial charge on any atom is 0.0453 e. The molecular formula is C13H20Cl4N2. The zero-order chi connectivity index (χ0) is 12.5. The van der Waals surface area contributed by atoms with Crippen molar-refractivity contribution in [1.82, 2.24) is 0 Å². The van der Waals surface area contributed by atoms with E-state index >= 15 is 0 Å². The Morgan fingerprint density at radius 1 is 1.16 bits per heavy atom. The van der Waals surface area contributed by atoms with E-state index < -0.39 is 0 Å². The Kier molecular flexibility index (Phi) is 8.04. The van der Waals surface area contributed by atoms with Crippen LogP contribution in [0.1, 0.15) is 31.2 Å². The zero-order valence-electron chi connectivity index (χ0n) is 10.6. The van der Waals surface area contributed by atoms with Crippen LogP contribution in [0.15, 0.2) is 18.2 Å². The molecule has 0 bridgehead atoms. The standard InChI is InChI=1S/C13H18Cl2N2.2ClH/c14-10-2-1-9(12(15)7-10)8-13(17)5-3-11(16)4-6-13;;/h1-2,7,11H,3-6,8,16-17H2;2*1H. The number of halogens is 4. The lowest BCUT2D eigenvalue weighted by atomic mass is 9.77. The van der Waals surface area contributed by atoms with Crippen molar-refractivity contribution in [3.63, 3.8) is 0 Å². The van der Waals surface area contributed by atoms with E-state index in [1.54, 1.807) is 6.07 Å². The molecule has 0 aliphatic heterocycles. The van der Waals surface area contributed by atoms with E-state index in [4.69, 9.17) is 34.7 Å². The number of benzene rings is 1. The second-order valence-corrected chi connectivity index (χ2v) is 5.96. The minimum atomic E-state index is -0.159. The molecule has 2 rings (SSSR count). The number of rotatable bonds is 2. The van der Waals surface area contributed by atoms with E-state index in [2.05, 4.69) is 0 Å². The Morgan fingerprint density at radius 3 is 2.26 bits per heavy atom. The molecule has 1 aromatic rings. The van der Waals surface area contributed by atoms with Crippen molar-refractivity contribution in [2.75, 3.05) is 0 Å². The minimum Gasteiger partial charge on any atom is -0.328 e. The van der Waals surface area contributed by atoms with E-state index in [-0.39, 0.29) is 30.4 Å². The van der Waals surface area contributed by atoms with E-state index in [1.807, 2.05) is 12.1 Å². The Morgan fingerprint density at radius 2 is 1.74 bits per heavy atom. The summed E-state index contributed by atoms with van der Waals surface area (Å²) in [7, 11) is 0. The molecule has 19 heavy (non-hydrogen) atoms. The van der Waals surface area contributed by atoms with E-state index in [1.165, 1.54) is 0 Å². The number of hydrogen-bond donors (Lipinski definition) is 2. The second kappa shape index (κ2) is 7.92. The summed E-state index contributed by atoms with van der Waals surface area (Å²) in [5.74, 6) is 0. The highest BCUT2D eigenvalue weighted by atomic mass is 35.5. The Bertz CT molecular complexity index is 404. The van der Waals surface area contributed by atoms with Gasteiger partial charge in [-0.3, -0.25) is 0 Å². The van der Waals surface area contributed by atoms with E-state index in [0.717, 1.165) is 37.7 Å². The number of hydrogen-bond acceptors (Lipinski definition) is 2. The van der Waals surface area contributed by atoms with Crippen molar-refractivity contribution >= 4 is 48.0 Å². The van der Waals surface area contributed by atoms with Gasteiger partial charge in [0.25, 0.3) is 0 Å². The molecule has 0 aromatic heterocycles. The molecule has 4 N–H and O–H groups in total. The van der Waals surface area contributed by atoms with Gasteiger partial charge in [-0.25, -0.2) is 0 Å². The van der Waals surface area contributed by atoms with Crippen molar-refractivity contribution in [3.05, 3.63) is 33.8 Å². The van der Waals surface area contributed by atoms with Crippen LogP contribution in [0, 0.1) is 0 Å². The summed E-state index contributed by atoms with van der Waals surface area (Å²) in [6.45, 7) is 0. The second-order valence-electron chi connectivity index (χ2n) is 5.11. The first kappa shape index (κ1) is 19.3. The highest BCUT2D eigenvalue weighted by molar-refractivity contribution is 6.35. The molecule has 1 aliphatic rings. The Labute approximate surface area is 137 Å². The van der Waals surface area contributed by atoms with Gasteiger partial charge in [0.05, 0.1) is 0 Å². The van der Waals surface area contributed by atoms with Crippen LogP contribution in [0.2, 0.25) is 10.0 Å². The maximum atomic E-state index is 6.41. The van der Waals surface area contributed by atoms with Crippen LogP contribution in [0.25, 0.3) is 0 Å². The summed E-state index contributed by atoms with van der Waals surface area (Å²) in [6.07, 6.45) is 4.74. The third-order valence-electron chi connectivity index (χ3n) is 3.58. The fraction of sp³-hybridized carbons (Fsp3) is 0.538. The van der Waals surface area contributed by atoms with E-state index in [0.29, 0.717) is 16.1 Å². The fourth-order valence-corrected chi connectivity index (χ4v) is 2.91. The molecule has 0 atom stereocenters. The molecule has 1 fully saturated rings. The third-order valence-corrected chi connectivity index (χ3v) is 4.17. The molecule has 1 aliphatic carbocycles. The molecule has 0 radical (unpaired) electrons. The van der Waals surface area contributed by atoms with Crippen LogP contribution in [0.5, 0.6) is 0 Å². The van der Waals surface area contributed by atoms with Gasteiger partial charge in [-0.1, -0.05) is 29.3 Å². The fourth-order valence-electron chi connectivity index (χ4n) is 2.44. The van der Waals surface area contributed by atoms with Gasteiger partial charge in [0, 0.05) is 21.6 Å². The van der Waals surface area contributed by atoms with E-state index in [9.17, 15) is 0 Å². The summed E-state index contributed by atoms with van der Waals surface area (Å²) >= 11 is 12.1. The van der Waals surface area contributed by atoms with Crippen LogP contribution in [0.4, 0.5) is 0 Å². The summed E-state index contributed by atoms with van der Waals surface area (Å²) in [5.41, 5.74) is 13.2. The van der Waals surface area contributed by atoms with Crippen LogP contribution in [0.3, 0.4) is 0 Å². The predicted molar refractivity (Wildman–Crippen MR) is 88.0 cm³/mol. The van der Waals surface area contributed by atoms with Gasteiger partial charge >= 0.3 is 0 Å². The van der Waals surface area contributed by atoms with Gasteiger partial charge < -0.3 is 11.5 Å². The lowest BCUT2D eigenvalue weighted by Crippen LogP contribution is -2.47. The highest BCUT2D eigenvalue weighted by Gasteiger charge is 2.31. The zero-order valence-corrected chi connectivity index (χ0v) is 13.7. The van der Waals surface area contributed by atoms with Gasteiger partial charge in [0.2, 0.25) is 0 Å². The normalized spacial score (nSPS) is 26.2. The first-order valence-corrected chi connectivity index (χ1v) is 6.72. The average Bonchev–Trinajstić information content (AvgIpc) is 2.27. The van der Waals surface area contributed by atoms with Gasteiger partial charge in [-0.15, -0.1) is 24.8 Å². The van der Waals surface area contributed by atoms with Crippen molar-refractivity contribution in [3.8, 4) is 0 Å². The minimum absolute atomic E-state index is 0. The first-order valence-electron chi connectivity index (χ1n) is 5.97. The SMILES string of the molecule is Cl.Cl.NC1CCC(N)(Cc2ccc(Cl)cc2Cl)CC1. The van der Waals surface area contributed by atoms with Crippen molar-refractivity contribution in [1.29, 1.82) is 0 Å². The molecular weight excluding hydrogens is 326 g/mol. The van der Waals surface area contributed by atoms with Gasteiger partial charge in [-0.05, 0) is 49.8 Å². The quantitative estimate of drug-likeness (QED) is 0.851. The number of nitrogens with two attached hydrogens (primary N) is 2. The monoisotopic (exact) mass is 344 g/mol. The van der Waals surface area contributed by atoms with Gasteiger partial charge in [0.15, 0.2) is 0 Å². The largest absolute Gasteiger partial charge is 0.328 e. The van der Waals surface area contributed by atoms with Crippen LogP contribution < -0.4 is 11.5 Å². The third kappa shape index (κ3) is 5.30. The van der Waals surface area contributed by atoms with Crippen molar-refractivity contribution < 1.29 is 0 Å². The van der Waals surface area contributed by atoms with Crippen molar-refractivity contribution in [2.24, 2.45) is 11.5 Å². The average molecular weight is 346 g/mol. The van der Waals surface area contributed by atoms with Gasteiger partial charge in [-0.2, -0.15) is 0 Å². The van der Waals surface area contributed by atoms with Crippen LogP contribution in [-0.2, 0) is 6.42 Å². The molecule has 6 heteroatoms. The summed E-state index contributed by atoms with van der Waals surface area (Å²) in [6, 6.07) is 5.91. The van der Waals surface area contributed by atoms with Crippen molar-refractivity contribution in [2.45, 2.75) is 43.7 Å². The molecule has 110 valence electrons. The van der Waals surface area contributed by atoms with Gasteiger partial charge in [0.1, 0.15) is 0 Å². The molecule has 0 saturated heterocycles. The predicted octanol–water partition coefficient (Wildman–Crippen LogP) is 3.98. The lowest BCUT2D eigenvalue weighted by molar-refractivity contribution is 0.271. The summed E-state index contributed by atoms with van der Waals surface area (Å²) in [5, 5.41) is 1.37. The summed E-state index contributed by atoms with van der Waals surface area (Å²) < 4.78 is 0. The van der Waals surface area contributed by atoms with Crippen LogP contribution >= 0.6 is 48.0 Å². The Hall–Kier alpha value is 0.300. The smallest absolute Gasteiger partial charge is 0.0453 e. The van der Waals surface area contributed by atoms with Crippen LogP contribution in [-0.4, -0.2) is 11.6 Å². The first-order chi connectivity index (χ1) is 7.98. The molecule has 0 spiro atoms. The molecule has 1 aromatic carbocycles. The molecule has 0 unspecified atom stereocenters. The molecule has 2 nitrogen and oxygen atoms in total. The molecule has 0 heterocycles. The maximum absolute atomic E-state index is 6.41. The highest BCUT2D eigenvalue weighted by Crippen LogP contribution is 2.31. The molecule has 0 amide bonds. The Balaban J connectivity index is 0.00000162. The summed E-state index contributed by atoms with van der Waals surface area (Å²) in [4.78, 5) is 0.